The van der Waals surface area contributed by atoms with Crippen LogP contribution >= 0.6 is 0 Å². The monoisotopic (exact) mass is 333 g/mol. The number of ether oxygens (including phenoxy) is 1. The van der Waals surface area contributed by atoms with E-state index in [4.69, 9.17) is 4.74 Å². The summed E-state index contributed by atoms with van der Waals surface area (Å²) in [6, 6.07) is 4.50. The zero-order chi connectivity index (χ0) is 16.4. The smallest absolute Gasteiger partial charge is 0.240 e. The van der Waals surface area contributed by atoms with Crippen LogP contribution in [0.5, 0.6) is 0 Å². The van der Waals surface area contributed by atoms with Crippen LogP contribution in [0.1, 0.15) is 12.8 Å². The normalized spacial score (nSPS) is 28.9. The Balaban J connectivity index is 2.10. The molecule has 1 fully saturated rings. The fourth-order valence-electron chi connectivity index (χ4n) is 2.81. The number of aliphatic hydroxyl groups excluding tert-OH is 2. The summed E-state index contributed by atoms with van der Waals surface area (Å²) < 4.78 is 44.8. The molecule has 22 heavy (non-hydrogen) atoms. The Bertz CT molecular complexity index is 594. The van der Waals surface area contributed by atoms with E-state index in [2.05, 4.69) is 4.72 Å². The zero-order valence-electron chi connectivity index (χ0n) is 12.2. The fourth-order valence-corrected chi connectivity index (χ4v) is 3.96. The van der Waals surface area contributed by atoms with E-state index in [0.29, 0.717) is 0 Å². The quantitative estimate of drug-likeness (QED) is 0.694. The van der Waals surface area contributed by atoms with Crippen molar-refractivity contribution in [2.45, 2.75) is 29.9 Å². The van der Waals surface area contributed by atoms with Crippen LogP contribution in [0.2, 0.25) is 0 Å². The Kier molecular flexibility index (Phi) is 5.18. The van der Waals surface area contributed by atoms with Crippen LogP contribution in [-0.4, -0.2) is 51.1 Å². The van der Waals surface area contributed by atoms with Crippen LogP contribution in [0.15, 0.2) is 29.2 Å². The van der Waals surface area contributed by atoms with E-state index in [1.54, 1.807) is 0 Å². The molecule has 1 unspecified atom stereocenters. The Labute approximate surface area is 129 Å². The van der Waals surface area contributed by atoms with Gasteiger partial charge in [0.05, 0.1) is 23.7 Å². The van der Waals surface area contributed by atoms with E-state index in [9.17, 15) is 23.0 Å². The molecule has 0 bridgehead atoms. The van der Waals surface area contributed by atoms with E-state index < -0.39 is 33.5 Å². The van der Waals surface area contributed by atoms with E-state index in [0.717, 1.165) is 12.1 Å². The molecule has 3 atom stereocenters. The van der Waals surface area contributed by atoms with Crippen molar-refractivity contribution >= 4 is 10.0 Å². The predicted molar refractivity (Wildman–Crippen MR) is 77.1 cm³/mol. The summed E-state index contributed by atoms with van der Waals surface area (Å²) >= 11 is 0. The van der Waals surface area contributed by atoms with Crippen LogP contribution in [0.3, 0.4) is 0 Å². The Hall–Kier alpha value is -1.06. The highest BCUT2D eigenvalue weighted by Gasteiger charge is 2.44. The molecule has 0 radical (unpaired) electrons. The average molecular weight is 333 g/mol. The van der Waals surface area contributed by atoms with E-state index in [1.165, 1.54) is 19.2 Å². The van der Waals surface area contributed by atoms with Crippen LogP contribution < -0.4 is 4.72 Å². The minimum absolute atomic E-state index is 0.0225. The highest BCUT2D eigenvalue weighted by atomic mass is 32.2. The maximum absolute atomic E-state index is 12.9. The largest absolute Gasteiger partial charge is 0.390 e. The molecule has 0 spiro atoms. The Morgan fingerprint density at radius 1 is 1.27 bits per heavy atom. The van der Waals surface area contributed by atoms with Gasteiger partial charge in [0, 0.05) is 19.1 Å². The second-order valence-corrected chi connectivity index (χ2v) is 7.52. The van der Waals surface area contributed by atoms with Crippen molar-refractivity contribution in [2.75, 3.05) is 20.3 Å². The number of halogens is 1. The lowest BCUT2D eigenvalue weighted by Gasteiger charge is -2.28. The second kappa shape index (κ2) is 6.59. The number of nitrogens with one attached hydrogen (secondary N) is 1. The zero-order valence-corrected chi connectivity index (χ0v) is 13.0. The molecule has 1 aromatic carbocycles. The highest BCUT2D eigenvalue weighted by Crippen LogP contribution is 2.38. The van der Waals surface area contributed by atoms with E-state index in [1.807, 2.05) is 0 Å². The summed E-state index contributed by atoms with van der Waals surface area (Å²) in [4.78, 5) is -0.0411. The van der Waals surface area contributed by atoms with Gasteiger partial charge in [-0.1, -0.05) is 0 Å². The number of rotatable bonds is 6. The lowest BCUT2D eigenvalue weighted by molar-refractivity contribution is 0.0438. The fraction of sp³-hybridized carbons (Fsp3) is 0.571. The molecule has 0 aliphatic heterocycles. The lowest BCUT2D eigenvalue weighted by Crippen LogP contribution is -2.39. The van der Waals surface area contributed by atoms with Crippen molar-refractivity contribution in [3.63, 3.8) is 0 Å². The van der Waals surface area contributed by atoms with Crippen LogP contribution in [-0.2, 0) is 14.8 Å². The summed E-state index contributed by atoms with van der Waals surface area (Å²) in [5, 5.41) is 19.4. The van der Waals surface area contributed by atoms with Crippen molar-refractivity contribution in [2.24, 2.45) is 5.41 Å². The molecule has 124 valence electrons. The van der Waals surface area contributed by atoms with Gasteiger partial charge in [0.1, 0.15) is 5.82 Å². The predicted octanol–water partition coefficient (Wildman–Crippen LogP) is 0.252. The summed E-state index contributed by atoms with van der Waals surface area (Å²) in [6.07, 6.45) is -1.31. The third-order valence-electron chi connectivity index (χ3n) is 3.94. The molecule has 1 saturated carbocycles. The molecule has 0 heterocycles. The van der Waals surface area contributed by atoms with E-state index >= 15 is 0 Å². The first-order valence-electron chi connectivity index (χ1n) is 6.88. The van der Waals surface area contributed by atoms with Gasteiger partial charge in [-0.15, -0.1) is 0 Å². The molecule has 0 aromatic heterocycles. The maximum atomic E-state index is 12.9. The number of aliphatic hydroxyl groups is 2. The summed E-state index contributed by atoms with van der Waals surface area (Å²) in [6.45, 7) is 0.238. The molecule has 2 rings (SSSR count). The molecule has 8 heteroatoms. The number of benzene rings is 1. The van der Waals surface area contributed by atoms with Gasteiger partial charge >= 0.3 is 0 Å². The van der Waals surface area contributed by atoms with Gasteiger partial charge < -0.3 is 14.9 Å². The summed E-state index contributed by atoms with van der Waals surface area (Å²) in [5.74, 6) is -0.517. The molecule has 0 amide bonds. The lowest BCUT2D eigenvalue weighted by atomic mass is 9.87. The second-order valence-electron chi connectivity index (χ2n) is 5.75. The standard InChI is InChI=1S/C14H20FNO5S/c1-21-9-14(6-12(17)13(18)7-14)8-16-22(19,20)11-4-2-10(15)3-5-11/h2-5,12-13,16-18H,6-9H2,1H3/t12-,13+,14?. The first kappa shape index (κ1) is 17.3. The van der Waals surface area contributed by atoms with Gasteiger partial charge in [-0.25, -0.2) is 17.5 Å². The number of hydrogen-bond donors (Lipinski definition) is 3. The first-order valence-corrected chi connectivity index (χ1v) is 8.37. The third kappa shape index (κ3) is 3.82. The van der Waals surface area contributed by atoms with Crippen LogP contribution in [0, 0.1) is 11.2 Å². The third-order valence-corrected chi connectivity index (χ3v) is 5.36. The molecule has 1 aliphatic rings. The Morgan fingerprint density at radius 2 is 1.82 bits per heavy atom. The molecule has 3 N–H and O–H groups in total. The molecular formula is C14H20FNO5S. The van der Waals surface area contributed by atoms with E-state index in [-0.39, 0.29) is 30.9 Å². The SMILES string of the molecule is COCC1(CNS(=O)(=O)c2ccc(F)cc2)C[C@@H](O)[C@@H](O)C1. The van der Waals surface area contributed by atoms with Crippen molar-refractivity contribution < 1.29 is 27.8 Å². The molecular weight excluding hydrogens is 313 g/mol. The van der Waals surface area contributed by atoms with Gasteiger partial charge in [0.25, 0.3) is 0 Å². The van der Waals surface area contributed by atoms with Gasteiger partial charge in [0.2, 0.25) is 10.0 Å². The molecule has 1 aromatic rings. The van der Waals surface area contributed by atoms with Crippen molar-refractivity contribution in [1.82, 2.24) is 4.72 Å². The number of sulfonamides is 1. The van der Waals surface area contributed by atoms with Crippen LogP contribution in [0.25, 0.3) is 0 Å². The summed E-state index contributed by atoms with van der Waals surface area (Å²) in [7, 11) is -2.31. The van der Waals surface area contributed by atoms with Crippen molar-refractivity contribution in [3.05, 3.63) is 30.1 Å². The van der Waals surface area contributed by atoms with Gasteiger partial charge in [0.15, 0.2) is 0 Å². The first-order chi connectivity index (χ1) is 10.3. The minimum atomic E-state index is -3.79. The maximum Gasteiger partial charge on any atom is 0.240 e. The number of hydrogen-bond acceptors (Lipinski definition) is 5. The molecule has 1 aliphatic carbocycles. The van der Waals surface area contributed by atoms with Crippen LogP contribution in [0.4, 0.5) is 4.39 Å². The van der Waals surface area contributed by atoms with Crippen molar-refractivity contribution in [1.29, 1.82) is 0 Å². The van der Waals surface area contributed by atoms with Gasteiger partial charge in [-0.2, -0.15) is 0 Å². The molecule has 6 nitrogen and oxygen atoms in total. The van der Waals surface area contributed by atoms with Crippen molar-refractivity contribution in [3.8, 4) is 0 Å². The average Bonchev–Trinajstić information content (AvgIpc) is 2.73. The highest BCUT2D eigenvalue weighted by molar-refractivity contribution is 7.89. The van der Waals surface area contributed by atoms with Gasteiger partial charge in [-0.05, 0) is 37.1 Å². The minimum Gasteiger partial charge on any atom is -0.390 e. The molecule has 0 saturated heterocycles. The number of methoxy groups -OCH3 is 1. The van der Waals surface area contributed by atoms with Gasteiger partial charge in [-0.3, -0.25) is 0 Å². The topological polar surface area (TPSA) is 95.9 Å². The summed E-state index contributed by atoms with van der Waals surface area (Å²) in [5.41, 5.74) is -0.666. The Morgan fingerprint density at radius 3 is 2.32 bits per heavy atom.